The monoisotopic (exact) mass is 357 g/mol. The molecule has 3 rings (SSSR count). The molecule has 4 atom stereocenters. The Balaban J connectivity index is 2.15. The van der Waals surface area contributed by atoms with Gasteiger partial charge < -0.3 is 9.84 Å². The number of hydrogen-bond acceptors (Lipinski definition) is 7. The number of likely N-dealkylation sites (tertiary alicyclic amines) is 1. The van der Waals surface area contributed by atoms with Gasteiger partial charge in [-0.15, -0.1) is 0 Å². The Morgan fingerprint density at radius 3 is 2.73 bits per heavy atom. The van der Waals surface area contributed by atoms with Gasteiger partial charge in [-0.1, -0.05) is 12.1 Å². The minimum absolute atomic E-state index is 0.179. The van der Waals surface area contributed by atoms with Crippen molar-refractivity contribution in [2.75, 3.05) is 20.3 Å². The summed E-state index contributed by atoms with van der Waals surface area (Å²) in [4.78, 5) is 39.2. The molecule has 0 saturated carbocycles. The van der Waals surface area contributed by atoms with Crippen LogP contribution >= 0.6 is 0 Å². The van der Waals surface area contributed by atoms with E-state index in [1.807, 2.05) is 6.07 Å². The van der Waals surface area contributed by atoms with Crippen LogP contribution in [0.1, 0.15) is 24.1 Å². The van der Waals surface area contributed by atoms with Crippen LogP contribution in [0.3, 0.4) is 0 Å². The summed E-state index contributed by atoms with van der Waals surface area (Å²) in [6.45, 7) is 1.17. The number of aliphatic hydroxyl groups excluding tert-OH is 1. The van der Waals surface area contributed by atoms with Crippen LogP contribution in [-0.4, -0.2) is 53.6 Å². The van der Waals surface area contributed by atoms with E-state index < -0.39 is 47.8 Å². The highest BCUT2D eigenvalue weighted by molar-refractivity contribution is 6.09. The van der Waals surface area contributed by atoms with Crippen molar-refractivity contribution in [1.82, 2.24) is 10.2 Å². The first-order chi connectivity index (χ1) is 12.4. The SMILES string of the molecule is CCN1C(=O)[C@H]2[C@@H](C1=O)[C@@](CO)(C(=O)OC)N[C@H]2c1cccc(C#N)c1. The summed E-state index contributed by atoms with van der Waals surface area (Å²) >= 11 is 0. The molecule has 0 aromatic heterocycles. The molecule has 8 nitrogen and oxygen atoms in total. The molecule has 136 valence electrons. The third-order valence-corrected chi connectivity index (χ3v) is 5.24. The maximum absolute atomic E-state index is 12.8. The minimum Gasteiger partial charge on any atom is -0.468 e. The van der Waals surface area contributed by atoms with Crippen molar-refractivity contribution in [2.45, 2.75) is 18.5 Å². The lowest BCUT2D eigenvalue weighted by Crippen LogP contribution is -2.58. The molecule has 1 aromatic carbocycles. The number of benzene rings is 1. The number of methoxy groups -OCH3 is 1. The van der Waals surface area contributed by atoms with Gasteiger partial charge in [0.25, 0.3) is 0 Å². The van der Waals surface area contributed by atoms with E-state index in [0.717, 1.165) is 4.90 Å². The van der Waals surface area contributed by atoms with E-state index in [1.165, 1.54) is 7.11 Å². The largest absolute Gasteiger partial charge is 0.468 e. The molecule has 1 aromatic rings. The number of amides is 2. The van der Waals surface area contributed by atoms with Crippen molar-refractivity contribution in [2.24, 2.45) is 11.8 Å². The predicted octanol–water partition coefficient (Wildman–Crippen LogP) is -0.272. The van der Waals surface area contributed by atoms with Crippen molar-refractivity contribution in [3.63, 3.8) is 0 Å². The zero-order chi connectivity index (χ0) is 19.1. The van der Waals surface area contributed by atoms with Gasteiger partial charge in [-0.25, -0.2) is 4.79 Å². The van der Waals surface area contributed by atoms with E-state index in [2.05, 4.69) is 5.32 Å². The second-order valence-electron chi connectivity index (χ2n) is 6.40. The zero-order valence-electron chi connectivity index (χ0n) is 14.4. The fourth-order valence-electron chi connectivity index (χ4n) is 4.04. The number of nitriles is 1. The van der Waals surface area contributed by atoms with Gasteiger partial charge in [-0.05, 0) is 24.6 Å². The molecule has 0 aliphatic carbocycles. The van der Waals surface area contributed by atoms with Crippen LogP contribution in [0.25, 0.3) is 0 Å². The van der Waals surface area contributed by atoms with Crippen molar-refractivity contribution in [1.29, 1.82) is 5.26 Å². The Hall–Kier alpha value is -2.76. The quantitative estimate of drug-likeness (QED) is 0.562. The van der Waals surface area contributed by atoms with Crippen LogP contribution in [0, 0.1) is 23.2 Å². The number of rotatable bonds is 4. The summed E-state index contributed by atoms with van der Waals surface area (Å²) in [7, 11) is 1.17. The van der Waals surface area contributed by atoms with Crippen LogP contribution in [0.2, 0.25) is 0 Å². The Morgan fingerprint density at radius 1 is 1.42 bits per heavy atom. The van der Waals surface area contributed by atoms with E-state index in [0.29, 0.717) is 11.1 Å². The number of fused-ring (bicyclic) bond motifs is 1. The molecular formula is C18H19N3O5. The van der Waals surface area contributed by atoms with Gasteiger partial charge in [0, 0.05) is 12.6 Å². The van der Waals surface area contributed by atoms with Crippen molar-refractivity contribution in [3.8, 4) is 6.07 Å². The van der Waals surface area contributed by atoms with Crippen LogP contribution in [0.5, 0.6) is 0 Å². The molecule has 2 saturated heterocycles. The third-order valence-electron chi connectivity index (χ3n) is 5.24. The number of hydrogen-bond donors (Lipinski definition) is 2. The molecular weight excluding hydrogens is 338 g/mol. The summed E-state index contributed by atoms with van der Waals surface area (Å²) in [5.41, 5.74) is -0.717. The van der Waals surface area contributed by atoms with Gasteiger partial charge in [0.2, 0.25) is 11.8 Å². The Bertz CT molecular complexity index is 817. The van der Waals surface area contributed by atoms with Crippen LogP contribution < -0.4 is 5.32 Å². The van der Waals surface area contributed by atoms with E-state index in [-0.39, 0.29) is 6.54 Å². The fourth-order valence-corrected chi connectivity index (χ4v) is 4.04. The summed E-state index contributed by atoms with van der Waals surface area (Å²) in [6, 6.07) is 7.93. The molecule has 0 radical (unpaired) electrons. The molecule has 2 fully saturated rings. The maximum Gasteiger partial charge on any atom is 0.329 e. The molecule has 2 amide bonds. The molecule has 8 heteroatoms. The molecule has 2 heterocycles. The van der Waals surface area contributed by atoms with Crippen molar-refractivity contribution >= 4 is 17.8 Å². The highest BCUT2D eigenvalue weighted by Crippen LogP contribution is 2.49. The van der Waals surface area contributed by atoms with Crippen LogP contribution in [0.15, 0.2) is 24.3 Å². The molecule has 2 N–H and O–H groups in total. The molecule has 0 bridgehead atoms. The molecule has 2 aliphatic heterocycles. The van der Waals surface area contributed by atoms with Gasteiger partial charge in [0.1, 0.15) is 0 Å². The first-order valence-corrected chi connectivity index (χ1v) is 8.27. The van der Waals surface area contributed by atoms with Crippen LogP contribution in [0.4, 0.5) is 0 Å². The molecule has 0 unspecified atom stereocenters. The second-order valence-corrected chi connectivity index (χ2v) is 6.40. The third kappa shape index (κ3) is 2.32. The topological polar surface area (TPSA) is 120 Å². The van der Waals surface area contributed by atoms with Gasteiger partial charge in [-0.3, -0.25) is 19.8 Å². The predicted molar refractivity (Wildman–Crippen MR) is 88.2 cm³/mol. The molecule has 2 aliphatic rings. The number of carbonyl (C=O) groups excluding carboxylic acids is 3. The number of imide groups is 1. The lowest BCUT2D eigenvalue weighted by Gasteiger charge is -2.30. The van der Waals surface area contributed by atoms with E-state index in [1.54, 1.807) is 31.2 Å². The number of nitrogens with zero attached hydrogens (tertiary/aromatic N) is 2. The highest BCUT2D eigenvalue weighted by atomic mass is 16.5. The average molecular weight is 357 g/mol. The van der Waals surface area contributed by atoms with Crippen molar-refractivity contribution in [3.05, 3.63) is 35.4 Å². The zero-order valence-corrected chi connectivity index (χ0v) is 14.4. The first kappa shape index (κ1) is 18.0. The number of nitrogens with one attached hydrogen (secondary N) is 1. The maximum atomic E-state index is 12.8. The van der Waals surface area contributed by atoms with E-state index in [4.69, 9.17) is 10.00 Å². The number of ether oxygens (including phenoxy) is 1. The van der Waals surface area contributed by atoms with Gasteiger partial charge in [-0.2, -0.15) is 5.26 Å². The van der Waals surface area contributed by atoms with E-state index >= 15 is 0 Å². The number of aliphatic hydroxyl groups is 1. The Morgan fingerprint density at radius 2 is 2.15 bits per heavy atom. The number of carbonyl (C=O) groups is 3. The lowest BCUT2D eigenvalue weighted by atomic mass is 9.79. The second kappa shape index (κ2) is 6.52. The van der Waals surface area contributed by atoms with Crippen LogP contribution in [-0.2, 0) is 19.1 Å². The lowest BCUT2D eigenvalue weighted by molar-refractivity contribution is -0.156. The smallest absolute Gasteiger partial charge is 0.329 e. The summed E-state index contributed by atoms with van der Waals surface area (Å²) in [5.74, 6) is -3.63. The standard InChI is InChI=1S/C18H19N3O5/c1-3-21-15(23)12-13(16(21)24)18(9-22,17(25)26-2)20-14(12)11-6-4-5-10(7-11)8-19/h4-7,12-14,20,22H,3,9H2,1-2H3/t12-,13-,14-,18-/m0/s1. The summed E-state index contributed by atoms with van der Waals surface area (Å²) < 4.78 is 4.82. The fraction of sp³-hybridized carbons (Fsp3) is 0.444. The van der Waals surface area contributed by atoms with Gasteiger partial charge in [0.15, 0.2) is 5.54 Å². The first-order valence-electron chi connectivity index (χ1n) is 8.27. The molecule has 0 spiro atoms. The average Bonchev–Trinajstić information content (AvgIpc) is 3.15. The summed E-state index contributed by atoms with van der Waals surface area (Å²) in [5, 5.41) is 22.1. The van der Waals surface area contributed by atoms with E-state index in [9.17, 15) is 19.5 Å². The Kier molecular flexibility index (Phi) is 4.52. The van der Waals surface area contributed by atoms with Gasteiger partial charge >= 0.3 is 5.97 Å². The minimum atomic E-state index is -1.70. The Labute approximate surface area is 150 Å². The number of esters is 1. The van der Waals surface area contributed by atoms with Crippen molar-refractivity contribution < 1.29 is 24.2 Å². The summed E-state index contributed by atoms with van der Waals surface area (Å²) in [6.07, 6.45) is 0. The van der Waals surface area contributed by atoms with Gasteiger partial charge in [0.05, 0.1) is 37.2 Å². The molecule has 26 heavy (non-hydrogen) atoms. The highest BCUT2D eigenvalue weighted by Gasteiger charge is 2.68. The normalized spacial score (nSPS) is 30.2.